The van der Waals surface area contributed by atoms with Crippen molar-refractivity contribution in [3.8, 4) is 17.2 Å². The summed E-state index contributed by atoms with van der Waals surface area (Å²) >= 11 is 0. The zero-order valence-electron chi connectivity index (χ0n) is 19.1. The van der Waals surface area contributed by atoms with E-state index in [1.165, 1.54) is 0 Å². The van der Waals surface area contributed by atoms with Crippen LogP contribution in [0.15, 0.2) is 48.5 Å². The largest absolute Gasteiger partial charge is 0.481 e. The molecule has 0 heterocycles. The van der Waals surface area contributed by atoms with Gasteiger partial charge in [0.15, 0.2) is 0 Å². The summed E-state index contributed by atoms with van der Waals surface area (Å²) in [5.41, 5.74) is 4.41. The summed E-state index contributed by atoms with van der Waals surface area (Å²) < 4.78 is 5.54. The van der Waals surface area contributed by atoms with Gasteiger partial charge < -0.3 is 20.5 Å². The van der Waals surface area contributed by atoms with Gasteiger partial charge in [0, 0.05) is 18.4 Å². The van der Waals surface area contributed by atoms with Gasteiger partial charge in [-0.05, 0) is 48.4 Å². The van der Waals surface area contributed by atoms with Crippen LogP contribution in [0.25, 0.3) is 11.1 Å². The molecule has 3 N–H and O–H groups in total. The number of alkyl carbamates (subject to hydrolysis) is 1. The maximum absolute atomic E-state index is 12.7. The molecule has 8 heteroatoms. The van der Waals surface area contributed by atoms with Crippen molar-refractivity contribution in [2.75, 3.05) is 6.61 Å². The molecule has 0 saturated carbocycles. The summed E-state index contributed by atoms with van der Waals surface area (Å²) in [6.07, 6.45) is 0.887. The molecule has 0 saturated heterocycles. The predicted molar refractivity (Wildman–Crippen MR) is 126 cm³/mol. The number of fused-ring (bicyclic) bond motifs is 3. The van der Waals surface area contributed by atoms with Crippen molar-refractivity contribution in [3.63, 3.8) is 0 Å². The number of carbonyl (C=O) groups excluding carboxylic acids is 2. The van der Waals surface area contributed by atoms with Crippen LogP contribution in [0, 0.1) is 11.3 Å². The number of nitriles is 1. The van der Waals surface area contributed by atoms with Crippen molar-refractivity contribution < 1.29 is 24.2 Å². The summed E-state index contributed by atoms with van der Waals surface area (Å²) in [5, 5.41) is 22.9. The average molecular weight is 464 g/mol. The molecular weight excluding hydrogens is 434 g/mol. The highest BCUT2D eigenvalue weighted by molar-refractivity contribution is 5.86. The number of carbonyl (C=O) groups is 3. The summed E-state index contributed by atoms with van der Waals surface area (Å²) in [4.78, 5) is 36.2. The van der Waals surface area contributed by atoms with E-state index in [1.54, 1.807) is 6.92 Å². The lowest BCUT2D eigenvalue weighted by Gasteiger charge is -2.21. The second kappa shape index (κ2) is 11.8. The van der Waals surface area contributed by atoms with E-state index in [2.05, 4.69) is 16.7 Å². The fraction of sp³-hybridized carbons (Fsp3) is 0.385. The third kappa shape index (κ3) is 6.35. The third-order valence-electron chi connectivity index (χ3n) is 5.85. The van der Waals surface area contributed by atoms with Crippen LogP contribution < -0.4 is 10.6 Å². The van der Waals surface area contributed by atoms with Gasteiger partial charge in [0.05, 0.1) is 12.5 Å². The lowest BCUT2D eigenvalue weighted by molar-refractivity contribution is -0.137. The Kier molecular flexibility index (Phi) is 8.63. The molecule has 0 fully saturated rings. The molecule has 1 unspecified atom stereocenters. The van der Waals surface area contributed by atoms with E-state index in [0.29, 0.717) is 25.7 Å². The number of amides is 2. The third-order valence-corrected chi connectivity index (χ3v) is 5.85. The average Bonchev–Trinajstić information content (AvgIpc) is 3.13. The fourth-order valence-corrected chi connectivity index (χ4v) is 4.26. The molecule has 0 aliphatic heterocycles. The van der Waals surface area contributed by atoms with Crippen LogP contribution in [0.2, 0.25) is 0 Å². The standard InChI is InChI=1S/C26H29N3O5/c1-17(15-24(30)31)28-25(32)23(13-3-2-8-14-27)29-26(33)34-16-22-20-11-6-4-9-18(20)19-10-5-7-12-21(19)22/h4-7,9-12,17,22-23H,2-3,8,13,15-16H2,1H3,(H,28,32)(H,29,33)(H,30,31)/t17-,23?/m1/s1. The number of nitrogens with one attached hydrogen (secondary N) is 2. The minimum atomic E-state index is -1.03. The van der Waals surface area contributed by atoms with Gasteiger partial charge in [-0.15, -0.1) is 0 Å². The van der Waals surface area contributed by atoms with E-state index in [-0.39, 0.29) is 18.9 Å². The zero-order chi connectivity index (χ0) is 24.5. The Morgan fingerprint density at radius 2 is 1.65 bits per heavy atom. The highest BCUT2D eigenvalue weighted by Crippen LogP contribution is 2.44. The van der Waals surface area contributed by atoms with Crippen molar-refractivity contribution in [1.82, 2.24) is 10.6 Å². The van der Waals surface area contributed by atoms with Crippen molar-refractivity contribution in [2.24, 2.45) is 0 Å². The molecule has 0 aromatic heterocycles. The summed E-state index contributed by atoms with van der Waals surface area (Å²) in [6, 6.07) is 16.6. The van der Waals surface area contributed by atoms with Crippen LogP contribution in [0.1, 0.15) is 56.1 Å². The predicted octanol–water partition coefficient (Wildman–Crippen LogP) is 3.96. The van der Waals surface area contributed by atoms with Gasteiger partial charge in [-0.3, -0.25) is 9.59 Å². The van der Waals surface area contributed by atoms with Gasteiger partial charge in [-0.1, -0.05) is 48.5 Å². The first-order valence-electron chi connectivity index (χ1n) is 11.4. The molecule has 1 aliphatic rings. The fourth-order valence-electron chi connectivity index (χ4n) is 4.26. The second-order valence-corrected chi connectivity index (χ2v) is 8.43. The van der Waals surface area contributed by atoms with Gasteiger partial charge in [0.2, 0.25) is 5.91 Å². The summed E-state index contributed by atoms with van der Waals surface area (Å²) in [7, 11) is 0. The van der Waals surface area contributed by atoms with Crippen LogP contribution in [0.3, 0.4) is 0 Å². The van der Waals surface area contributed by atoms with Gasteiger partial charge in [0.1, 0.15) is 12.6 Å². The van der Waals surface area contributed by atoms with Crippen molar-refractivity contribution >= 4 is 18.0 Å². The maximum atomic E-state index is 12.7. The number of carboxylic acids is 1. The SMILES string of the molecule is C[C@H](CC(=O)O)NC(=O)C(CCCCC#N)NC(=O)OCC1c2ccccc2-c2ccccc21. The number of carboxylic acid groups (broad SMARTS) is 1. The highest BCUT2D eigenvalue weighted by Gasteiger charge is 2.30. The number of nitrogens with zero attached hydrogens (tertiary/aromatic N) is 1. The molecule has 3 rings (SSSR count). The number of benzene rings is 2. The maximum Gasteiger partial charge on any atom is 0.407 e. The van der Waals surface area contributed by atoms with Crippen LogP contribution in [0.4, 0.5) is 4.79 Å². The van der Waals surface area contributed by atoms with Gasteiger partial charge in [0.25, 0.3) is 0 Å². The van der Waals surface area contributed by atoms with Crippen LogP contribution in [0.5, 0.6) is 0 Å². The molecule has 2 atom stereocenters. The molecule has 8 nitrogen and oxygen atoms in total. The Hall–Kier alpha value is -3.86. The number of hydrogen-bond acceptors (Lipinski definition) is 5. The molecule has 2 aromatic carbocycles. The lowest BCUT2D eigenvalue weighted by Crippen LogP contribution is -2.49. The van der Waals surface area contributed by atoms with Gasteiger partial charge in [-0.2, -0.15) is 5.26 Å². The molecule has 2 aromatic rings. The van der Waals surface area contributed by atoms with E-state index >= 15 is 0 Å². The van der Waals surface area contributed by atoms with E-state index in [9.17, 15) is 14.4 Å². The minimum Gasteiger partial charge on any atom is -0.481 e. The molecule has 34 heavy (non-hydrogen) atoms. The van der Waals surface area contributed by atoms with Crippen LogP contribution in [-0.2, 0) is 14.3 Å². The van der Waals surface area contributed by atoms with Crippen molar-refractivity contribution in [3.05, 3.63) is 59.7 Å². The number of rotatable bonds is 11. The quantitative estimate of drug-likeness (QED) is 0.433. The molecule has 2 amide bonds. The molecule has 0 bridgehead atoms. The van der Waals surface area contributed by atoms with Crippen LogP contribution >= 0.6 is 0 Å². The van der Waals surface area contributed by atoms with E-state index in [1.807, 2.05) is 48.5 Å². The van der Waals surface area contributed by atoms with E-state index < -0.39 is 30.1 Å². The topological polar surface area (TPSA) is 129 Å². The van der Waals surface area contributed by atoms with Crippen LogP contribution in [-0.4, -0.2) is 41.8 Å². The first-order valence-corrected chi connectivity index (χ1v) is 11.4. The summed E-state index contributed by atoms with van der Waals surface area (Å²) in [6.45, 7) is 1.71. The van der Waals surface area contributed by atoms with Gasteiger partial charge in [-0.25, -0.2) is 4.79 Å². The first kappa shape index (κ1) is 24.8. The minimum absolute atomic E-state index is 0.100. The molecule has 1 aliphatic carbocycles. The van der Waals surface area contributed by atoms with E-state index in [4.69, 9.17) is 15.1 Å². The number of ether oxygens (including phenoxy) is 1. The highest BCUT2D eigenvalue weighted by atomic mass is 16.5. The first-order chi connectivity index (χ1) is 16.4. The molecule has 178 valence electrons. The number of unbranched alkanes of at least 4 members (excludes halogenated alkanes) is 2. The summed E-state index contributed by atoms with van der Waals surface area (Å²) in [5.74, 6) is -1.60. The normalized spacial score (nSPS) is 13.6. The Bertz CT molecular complexity index is 1030. The second-order valence-electron chi connectivity index (χ2n) is 8.43. The Morgan fingerprint density at radius 3 is 2.24 bits per heavy atom. The smallest absolute Gasteiger partial charge is 0.407 e. The molecule has 0 radical (unpaired) electrons. The number of aliphatic carboxylic acids is 1. The monoisotopic (exact) mass is 463 g/mol. The number of hydrogen-bond donors (Lipinski definition) is 3. The Labute approximate surface area is 198 Å². The van der Waals surface area contributed by atoms with Crippen molar-refractivity contribution in [2.45, 2.75) is 57.0 Å². The Balaban J connectivity index is 1.63. The zero-order valence-corrected chi connectivity index (χ0v) is 19.1. The lowest BCUT2D eigenvalue weighted by atomic mass is 9.98. The van der Waals surface area contributed by atoms with Crippen molar-refractivity contribution in [1.29, 1.82) is 5.26 Å². The Morgan fingerprint density at radius 1 is 1.03 bits per heavy atom. The van der Waals surface area contributed by atoms with Gasteiger partial charge >= 0.3 is 12.1 Å². The molecular formula is C26H29N3O5. The molecule has 0 spiro atoms. The van der Waals surface area contributed by atoms with E-state index in [0.717, 1.165) is 22.3 Å².